The van der Waals surface area contributed by atoms with Gasteiger partial charge in [0.1, 0.15) is 23.2 Å². The fourth-order valence-electron chi connectivity index (χ4n) is 6.75. The van der Waals surface area contributed by atoms with Gasteiger partial charge in [0.2, 0.25) is 11.8 Å². The molecule has 1 unspecified atom stereocenters. The van der Waals surface area contributed by atoms with Gasteiger partial charge in [0, 0.05) is 12.1 Å². The van der Waals surface area contributed by atoms with Gasteiger partial charge in [0.05, 0.1) is 25.2 Å². The SMILES string of the molecule is CC[C@H](C)[C@H](CO)N1C(=O)[C@@H]2[C@H]3C(=O)OCCCC/C=C\[C@@]3(CC)O[C@@]23C=CCN(C(C)(C)C)C(=O)C13. The molecule has 0 radical (unpaired) electrons. The number of aliphatic hydroxyl groups is 1. The van der Waals surface area contributed by atoms with Crippen LogP contribution in [0.4, 0.5) is 0 Å². The molecule has 7 atom stereocenters. The van der Waals surface area contributed by atoms with E-state index in [1.165, 1.54) is 0 Å². The smallest absolute Gasteiger partial charge is 0.313 e. The summed E-state index contributed by atoms with van der Waals surface area (Å²) in [6.07, 6.45) is 11.4. The largest absolute Gasteiger partial charge is 0.465 e. The number of hydrogen-bond acceptors (Lipinski definition) is 6. The van der Waals surface area contributed by atoms with E-state index in [9.17, 15) is 19.5 Å². The molecule has 1 N–H and O–H groups in total. The first-order chi connectivity index (χ1) is 17.5. The number of ether oxygens (including phenoxy) is 2. The highest BCUT2D eigenvalue weighted by Gasteiger charge is 2.76. The van der Waals surface area contributed by atoms with E-state index in [0.29, 0.717) is 19.6 Å². The summed E-state index contributed by atoms with van der Waals surface area (Å²) in [5, 5.41) is 10.5. The number of cyclic esters (lactones) is 1. The molecule has 37 heavy (non-hydrogen) atoms. The summed E-state index contributed by atoms with van der Waals surface area (Å²) in [6, 6.07) is -1.57. The molecular formula is C29H44N2O6. The molecular weight excluding hydrogens is 472 g/mol. The van der Waals surface area contributed by atoms with Crippen LogP contribution in [0.25, 0.3) is 0 Å². The van der Waals surface area contributed by atoms with Gasteiger partial charge in [-0.05, 0) is 52.4 Å². The first kappa shape index (κ1) is 27.8. The molecule has 0 aromatic rings. The molecule has 2 saturated heterocycles. The quantitative estimate of drug-likeness (QED) is 0.445. The molecule has 0 aliphatic carbocycles. The summed E-state index contributed by atoms with van der Waals surface area (Å²) in [7, 11) is 0. The number of carbonyl (C=O) groups excluding carboxylic acids is 3. The molecule has 1 spiro atoms. The molecule has 4 heterocycles. The van der Waals surface area contributed by atoms with E-state index < -0.39 is 46.6 Å². The second-order valence-corrected chi connectivity index (χ2v) is 12.1. The van der Waals surface area contributed by atoms with Crippen molar-refractivity contribution in [2.24, 2.45) is 17.8 Å². The molecule has 2 fully saturated rings. The highest BCUT2D eigenvalue weighted by Crippen LogP contribution is 2.59. The van der Waals surface area contributed by atoms with Crippen molar-refractivity contribution >= 4 is 17.8 Å². The Labute approximate surface area is 221 Å². The zero-order valence-corrected chi connectivity index (χ0v) is 23.2. The predicted molar refractivity (Wildman–Crippen MR) is 139 cm³/mol. The van der Waals surface area contributed by atoms with Crippen LogP contribution in [0, 0.1) is 17.8 Å². The summed E-state index contributed by atoms with van der Waals surface area (Å²) >= 11 is 0. The summed E-state index contributed by atoms with van der Waals surface area (Å²) < 4.78 is 12.7. The van der Waals surface area contributed by atoms with Gasteiger partial charge in [0.15, 0.2) is 0 Å². The Balaban J connectivity index is 1.95. The van der Waals surface area contributed by atoms with E-state index in [1.54, 1.807) is 9.80 Å². The van der Waals surface area contributed by atoms with Crippen LogP contribution in [0.3, 0.4) is 0 Å². The van der Waals surface area contributed by atoms with Crippen LogP contribution in [0.1, 0.15) is 73.6 Å². The van der Waals surface area contributed by atoms with Gasteiger partial charge in [-0.25, -0.2) is 0 Å². The van der Waals surface area contributed by atoms with Gasteiger partial charge in [-0.15, -0.1) is 0 Å². The summed E-state index contributed by atoms with van der Waals surface area (Å²) in [5.74, 6) is -2.86. The average Bonchev–Trinajstić information content (AvgIpc) is 3.20. The normalized spacial score (nSPS) is 36.8. The number of fused-ring (bicyclic) bond motifs is 2. The van der Waals surface area contributed by atoms with Gasteiger partial charge in [-0.3, -0.25) is 14.4 Å². The molecule has 0 saturated carbocycles. The van der Waals surface area contributed by atoms with Crippen molar-refractivity contribution in [2.45, 2.75) is 102 Å². The number of likely N-dealkylation sites (tertiary alicyclic amines) is 1. The molecule has 2 amide bonds. The van der Waals surface area contributed by atoms with Crippen molar-refractivity contribution in [1.82, 2.24) is 9.80 Å². The van der Waals surface area contributed by atoms with Crippen LogP contribution in [-0.2, 0) is 23.9 Å². The summed E-state index contributed by atoms with van der Waals surface area (Å²) in [6.45, 7) is 12.2. The van der Waals surface area contributed by atoms with Crippen LogP contribution in [0.5, 0.6) is 0 Å². The fraction of sp³-hybridized carbons (Fsp3) is 0.759. The van der Waals surface area contributed by atoms with Crippen molar-refractivity contribution in [3.63, 3.8) is 0 Å². The Hall–Kier alpha value is -2.19. The highest BCUT2D eigenvalue weighted by molar-refractivity contribution is 5.99. The molecule has 4 rings (SSSR count). The van der Waals surface area contributed by atoms with Crippen molar-refractivity contribution in [3.8, 4) is 0 Å². The first-order valence-corrected chi connectivity index (χ1v) is 14.0. The van der Waals surface area contributed by atoms with Gasteiger partial charge in [0.25, 0.3) is 0 Å². The second kappa shape index (κ2) is 10.2. The Kier molecular flexibility index (Phi) is 7.65. The predicted octanol–water partition coefficient (Wildman–Crippen LogP) is 3.23. The molecule has 0 aromatic heterocycles. The zero-order valence-electron chi connectivity index (χ0n) is 23.2. The van der Waals surface area contributed by atoms with Crippen LogP contribution in [0.15, 0.2) is 24.3 Å². The van der Waals surface area contributed by atoms with Crippen LogP contribution >= 0.6 is 0 Å². The molecule has 0 aromatic carbocycles. The number of carbonyl (C=O) groups is 3. The van der Waals surface area contributed by atoms with Crippen LogP contribution in [0.2, 0.25) is 0 Å². The third-order valence-electron chi connectivity index (χ3n) is 8.98. The Morgan fingerprint density at radius 3 is 2.43 bits per heavy atom. The molecule has 8 nitrogen and oxygen atoms in total. The third-order valence-corrected chi connectivity index (χ3v) is 8.98. The third kappa shape index (κ3) is 4.34. The van der Waals surface area contributed by atoms with E-state index in [0.717, 1.165) is 25.7 Å². The maximum Gasteiger partial charge on any atom is 0.313 e. The van der Waals surface area contributed by atoms with E-state index in [4.69, 9.17) is 9.47 Å². The topological polar surface area (TPSA) is 96.4 Å². The Morgan fingerprint density at radius 2 is 1.81 bits per heavy atom. The minimum absolute atomic E-state index is 0.0558. The lowest BCUT2D eigenvalue weighted by molar-refractivity contribution is -0.165. The van der Waals surface area contributed by atoms with E-state index in [-0.39, 0.29) is 24.3 Å². The molecule has 206 valence electrons. The average molecular weight is 517 g/mol. The van der Waals surface area contributed by atoms with Gasteiger partial charge in [-0.2, -0.15) is 0 Å². The van der Waals surface area contributed by atoms with E-state index >= 15 is 0 Å². The number of amides is 2. The number of hydrogen-bond donors (Lipinski definition) is 1. The number of nitrogens with zero attached hydrogens (tertiary/aromatic N) is 2. The van der Waals surface area contributed by atoms with E-state index in [1.807, 2.05) is 65.8 Å². The van der Waals surface area contributed by atoms with Gasteiger partial charge < -0.3 is 24.4 Å². The van der Waals surface area contributed by atoms with Crippen LogP contribution < -0.4 is 0 Å². The summed E-state index contributed by atoms with van der Waals surface area (Å²) in [5.41, 5.74) is -2.90. The zero-order chi connectivity index (χ0) is 27.2. The minimum Gasteiger partial charge on any atom is -0.465 e. The lowest BCUT2D eigenvalue weighted by atomic mass is 9.73. The Morgan fingerprint density at radius 1 is 1.08 bits per heavy atom. The Bertz CT molecular complexity index is 970. The molecule has 0 bridgehead atoms. The van der Waals surface area contributed by atoms with Crippen molar-refractivity contribution in [1.29, 1.82) is 0 Å². The number of rotatable bonds is 5. The molecule has 4 aliphatic heterocycles. The van der Waals surface area contributed by atoms with Gasteiger partial charge in [-0.1, -0.05) is 51.5 Å². The van der Waals surface area contributed by atoms with Crippen molar-refractivity contribution in [2.75, 3.05) is 19.8 Å². The molecule has 4 aliphatic rings. The van der Waals surface area contributed by atoms with Gasteiger partial charge >= 0.3 is 5.97 Å². The number of allylic oxidation sites excluding steroid dienone is 1. The van der Waals surface area contributed by atoms with Crippen molar-refractivity contribution < 1.29 is 29.0 Å². The van der Waals surface area contributed by atoms with E-state index in [2.05, 4.69) is 0 Å². The van der Waals surface area contributed by atoms with Crippen molar-refractivity contribution in [3.05, 3.63) is 24.3 Å². The standard InChI is InChI=1S/C29H44N2O6/c1-7-19(3)20(18-32)31-23-25(34)30(27(4,5)6)16-13-15-29(23)21(24(31)33)22-26(35)36-17-12-10-9-11-14-28(22,8-2)37-29/h11,13-15,19-23,32H,7-10,12,16-18H2,1-6H3/b14-11-/t19-,20-,21-,22-,23?,28+,29-/m0/s1. The monoisotopic (exact) mass is 516 g/mol. The highest BCUT2D eigenvalue weighted by atomic mass is 16.6. The minimum atomic E-state index is -1.34. The van der Waals surface area contributed by atoms with Crippen LogP contribution in [-0.4, -0.2) is 81.3 Å². The number of aliphatic hydroxyl groups excluding tert-OH is 1. The maximum atomic E-state index is 14.5. The lowest BCUT2D eigenvalue weighted by Crippen LogP contribution is -2.62. The summed E-state index contributed by atoms with van der Waals surface area (Å²) in [4.78, 5) is 45.9. The maximum absolute atomic E-state index is 14.5. The fourth-order valence-corrected chi connectivity index (χ4v) is 6.75. The second-order valence-electron chi connectivity index (χ2n) is 12.1. The number of esters is 1. The first-order valence-electron chi connectivity index (χ1n) is 14.0. The lowest BCUT2D eigenvalue weighted by Gasteiger charge is -2.44. The molecule has 8 heteroatoms.